The largest absolute Gasteiger partial charge is 0.389 e. The van der Waals surface area contributed by atoms with Crippen molar-refractivity contribution in [1.29, 1.82) is 0 Å². The van der Waals surface area contributed by atoms with Gasteiger partial charge in [-0.2, -0.15) is 0 Å². The highest BCUT2D eigenvalue weighted by Gasteiger charge is 2.42. The number of hydrogen-bond donors (Lipinski definition) is 3. The number of amides is 1. The first-order valence-corrected chi connectivity index (χ1v) is 13.4. The summed E-state index contributed by atoms with van der Waals surface area (Å²) in [5.41, 5.74) is 9.91. The third kappa shape index (κ3) is 4.87. The number of benzene rings is 1. The van der Waals surface area contributed by atoms with Gasteiger partial charge < -0.3 is 16.2 Å². The maximum atomic E-state index is 12.8. The molecule has 9 heteroatoms. The van der Waals surface area contributed by atoms with Crippen LogP contribution in [-0.2, 0) is 6.42 Å². The van der Waals surface area contributed by atoms with Crippen LogP contribution in [0.25, 0.3) is 16.8 Å². The number of aryl methyl sites for hydroxylation is 1. The van der Waals surface area contributed by atoms with E-state index >= 15 is 0 Å². The molecule has 1 atom stereocenters. The molecule has 0 bridgehead atoms. The van der Waals surface area contributed by atoms with Crippen LogP contribution in [0.2, 0.25) is 0 Å². The number of aromatic nitrogens is 4. The Morgan fingerprint density at radius 2 is 2.00 bits per heavy atom. The molecule has 0 radical (unpaired) electrons. The van der Waals surface area contributed by atoms with Crippen molar-refractivity contribution in [2.75, 3.05) is 30.7 Å². The lowest BCUT2D eigenvalue weighted by atomic mass is 9.96. The molecule has 0 unspecified atom stereocenters. The molecule has 38 heavy (non-hydrogen) atoms. The Morgan fingerprint density at radius 1 is 1.18 bits per heavy atom. The molecule has 4 heterocycles. The Hall–Kier alpha value is -3.82. The van der Waals surface area contributed by atoms with Crippen LogP contribution in [0.3, 0.4) is 0 Å². The number of fused-ring (bicyclic) bond motifs is 1. The summed E-state index contributed by atoms with van der Waals surface area (Å²) in [6, 6.07) is 11.2. The van der Waals surface area contributed by atoms with Crippen LogP contribution in [0.5, 0.6) is 0 Å². The van der Waals surface area contributed by atoms with Crippen molar-refractivity contribution in [3.05, 3.63) is 71.9 Å². The second-order valence-corrected chi connectivity index (χ2v) is 10.6. The Morgan fingerprint density at radius 3 is 2.76 bits per heavy atom. The van der Waals surface area contributed by atoms with Gasteiger partial charge in [-0.05, 0) is 68.5 Å². The number of nitrogens with one attached hydrogen (secondary N) is 1. The molecule has 1 aliphatic carbocycles. The maximum Gasteiger partial charge on any atom is 0.256 e. The summed E-state index contributed by atoms with van der Waals surface area (Å²) in [7, 11) is 0. The number of aliphatic hydroxyl groups is 1. The summed E-state index contributed by atoms with van der Waals surface area (Å²) >= 11 is 0. The van der Waals surface area contributed by atoms with Crippen LogP contribution in [0.4, 0.5) is 11.6 Å². The van der Waals surface area contributed by atoms with Crippen molar-refractivity contribution >= 4 is 23.1 Å². The SMILES string of the molecule is CCc1ccnc(NC(=O)c2ccc(-c3nc([C@@H]4CCCN(CC5(O)CC5)C4)n4ccnc(N)c34)cc2)c1. The van der Waals surface area contributed by atoms with Crippen LogP contribution in [0, 0.1) is 0 Å². The van der Waals surface area contributed by atoms with E-state index in [1.807, 2.05) is 30.5 Å². The molecule has 1 aromatic carbocycles. The molecule has 2 fully saturated rings. The van der Waals surface area contributed by atoms with Crippen molar-refractivity contribution < 1.29 is 9.90 Å². The number of piperidine rings is 1. The summed E-state index contributed by atoms with van der Waals surface area (Å²) in [4.78, 5) is 28.9. The van der Waals surface area contributed by atoms with Gasteiger partial charge in [0.1, 0.15) is 28.7 Å². The van der Waals surface area contributed by atoms with Crippen molar-refractivity contribution in [2.24, 2.45) is 0 Å². The minimum absolute atomic E-state index is 0.214. The number of β-amino-alcohol motifs (C(OH)–C–C–N with tert-alkyl or cyclic N) is 1. The van der Waals surface area contributed by atoms with E-state index in [1.165, 1.54) is 0 Å². The highest BCUT2D eigenvalue weighted by Crippen LogP contribution is 2.38. The van der Waals surface area contributed by atoms with E-state index in [-0.39, 0.29) is 11.8 Å². The number of anilines is 2. The topological polar surface area (TPSA) is 122 Å². The van der Waals surface area contributed by atoms with E-state index in [2.05, 4.69) is 31.5 Å². The monoisotopic (exact) mass is 511 g/mol. The van der Waals surface area contributed by atoms with Crippen molar-refractivity contribution in [2.45, 2.75) is 50.5 Å². The molecule has 1 saturated carbocycles. The van der Waals surface area contributed by atoms with Gasteiger partial charge in [0.25, 0.3) is 5.91 Å². The second kappa shape index (κ2) is 9.81. The van der Waals surface area contributed by atoms with E-state index in [0.717, 1.165) is 79.9 Å². The molecule has 2 aliphatic rings. The van der Waals surface area contributed by atoms with Gasteiger partial charge in [-0.25, -0.2) is 15.0 Å². The number of hydrogen-bond acceptors (Lipinski definition) is 7. The van der Waals surface area contributed by atoms with Gasteiger partial charge in [-0.15, -0.1) is 0 Å². The normalized spacial score (nSPS) is 18.9. The van der Waals surface area contributed by atoms with Crippen molar-refractivity contribution in [1.82, 2.24) is 24.3 Å². The fourth-order valence-electron chi connectivity index (χ4n) is 5.44. The minimum atomic E-state index is -0.501. The molecular formula is C29H33N7O2. The highest BCUT2D eigenvalue weighted by atomic mass is 16.3. The molecule has 1 saturated heterocycles. The molecule has 4 aromatic rings. The summed E-state index contributed by atoms with van der Waals surface area (Å²) in [5.74, 6) is 1.93. The number of likely N-dealkylation sites (tertiary alicyclic amines) is 1. The molecule has 1 aliphatic heterocycles. The van der Waals surface area contributed by atoms with Gasteiger partial charge in [0.15, 0.2) is 0 Å². The Kier molecular flexibility index (Phi) is 6.33. The molecule has 0 spiro atoms. The molecule has 196 valence electrons. The summed E-state index contributed by atoms with van der Waals surface area (Å²) < 4.78 is 2.06. The third-order valence-electron chi connectivity index (χ3n) is 7.72. The quantitative estimate of drug-likeness (QED) is 0.344. The van der Waals surface area contributed by atoms with Crippen LogP contribution in [0.1, 0.15) is 60.3 Å². The number of rotatable bonds is 7. The first-order chi connectivity index (χ1) is 18.4. The third-order valence-corrected chi connectivity index (χ3v) is 7.72. The molecular weight excluding hydrogens is 478 g/mol. The molecule has 6 rings (SSSR count). The Bertz CT molecular complexity index is 1480. The van der Waals surface area contributed by atoms with E-state index in [1.54, 1.807) is 24.5 Å². The van der Waals surface area contributed by atoms with E-state index < -0.39 is 5.60 Å². The van der Waals surface area contributed by atoms with Crippen molar-refractivity contribution in [3.63, 3.8) is 0 Å². The Balaban J connectivity index is 1.27. The van der Waals surface area contributed by atoms with E-state index in [0.29, 0.717) is 17.2 Å². The van der Waals surface area contributed by atoms with Gasteiger partial charge in [-0.1, -0.05) is 19.1 Å². The van der Waals surface area contributed by atoms with E-state index in [9.17, 15) is 9.90 Å². The number of nitrogens with two attached hydrogens (primary N) is 1. The second-order valence-electron chi connectivity index (χ2n) is 10.6. The summed E-state index contributed by atoms with van der Waals surface area (Å²) in [6.45, 7) is 4.65. The van der Waals surface area contributed by atoms with Crippen molar-refractivity contribution in [3.8, 4) is 11.3 Å². The van der Waals surface area contributed by atoms with Gasteiger partial charge in [0.2, 0.25) is 0 Å². The van der Waals surface area contributed by atoms with Crippen LogP contribution in [-0.4, -0.2) is 60.5 Å². The van der Waals surface area contributed by atoms with E-state index in [4.69, 9.17) is 10.7 Å². The minimum Gasteiger partial charge on any atom is -0.389 e. The van der Waals surface area contributed by atoms with Gasteiger partial charge in [0, 0.05) is 48.7 Å². The first-order valence-electron chi connectivity index (χ1n) is 13.4. The van der Waals surface area contributed by atoms with Gasteiger partial charge >= 0.3 is 0 Å². The van der Waals surface area contributed by atoms with Gasteiger partial charge in [-0.3, -0.25) is 14.1 Å². The average Bonchev–Trinajstić information content (AvgIpc) is 3.52. The lowest BCUT2D eigenvalue weighted by Crippen LogP contribution is -2.40. The molecule has 3 aromatic heterocycles. The van der Waals surface area contributed by atoms with Gasteiger partial charge in [0.05, 0.1) is 5.60 Å². The highest BCUT2D eigenvalue weighted by molar-refractivity contribution is 6.04. The number of pyridine rings is 1. The lowest BCUT2D eigenvalue weighted by molar-refractivity contribution is 0.0763. The lowest BCUT2D eigenvalue weighted by Gasteiger charge is -2.33. The average molecular weight is 512 g/mol. The summed E-state index contributed by atoms with van der Waals surface area (Å²) in [5, 5.41) is 13.3. The first kappa shape index (κ1) is 24.5. The number of carbonyl (C=O) groups is 1. The molecule has 9 nitrogen and oxygen atoms in total. The number of imidazole rings is 1. The smallest absolute Gasteiger partial charge is 0.256 e. The van der Waals surface area contributed by atoms with Crippen LogP contribution in [0.15, 0.2) is 55.0 Å². The standard InChI is InChI=1S/C29H33N7O2/c1-2-19-9-12-31-23(16-19)33-28(37)21-7-5-20(6-8-21)24-25-26(30)32-13-15-36(25)27(34-24)22-4-3-14-35(17-22)18-29(38)10-11-29/h5-9,12-13,15-16,22,38H,2-4,10-11,14,17-18H2,1H3,(H2,30,32)(H,31,33,37)/t22-/m1/s1. The predicted octanol–water partition coefficient (Wildman–Crippen LogP) is 3.89. The number of nitrogens with zero attached hydrogens (tertiary/aromatic N) is 5. The fourth-order valence-corrected chi connectivity index (χ4v) is 5.44. The Labute approximate surface area is 221 Å². The molecule has 4 N–H and O–H groups in total. The number of carbonyl (C=O) groups excluding carboxylic acids is 1. The number of nitrogen functional groups attached to an aromatic ring is 1. The zero-order chi connectivity index (χ0) is 26.3. The summed E-state index contributed by atoms with van der Waals surface area (Å²) in [6.07, 6.45) is 10.1. The van der Waals surface area contributed by atoms with Crippen LogP contribution >= 0.6 is 0 Å². The fraction of sp³-hybridized carbons (Fsp3) is 0.379. The zero-order valence-electron chi connectivity index (χ0n) is 21.6. The van der Waals surface area contributed by atoms with Crippen LogP contribution < -0.4 is 11.1 Å². The maximum absolute atomic E-state index is 12.8. The zero-order valence-corrected chi connectivity index (χ0v) is 21.6. The predicted molar refractivity (Wildman–Crippen MR) is 147 cm³/mol. The molecule has 1 amide bonds.